The molecule has 1 N–H and O–H groups in total. The molecular formula is C16H14N2O4. The number of Topliss-reactive ketones (excluding diaryl/α,β-unsaturated/α-hetero) is 1. The van der Waals surface area contributed by atoms with Gasteiger partial charge in [0.2, 0.25) is 5.78 Å². The van der Waals surface area contributed by atoms with Gasteiger partial charge in [0.25, 0.3) is 0 Å². The number of carbonyl (C=O) groups excluding carboxylic acids is 2. The van der Waals surface area contributed by atoms with Crippen LogP contribution in [0.5, 0.6) is 5.75 Å². The number of ketones is 2. The van der Waals surface area contributed by atoms with Crippen LogP contribution in [0.1, 0.15) is 12.7 Å². The van der Waals surface area contributed by atoms with Crippen LogP contribution in [-0.2, 0) is 14.3 Å². The average molecular weight is 298 g/mol. The molecule has 1 aliphatic carbocycles. The van der Waals surface area contributed by atoms with Gasteiger partial charge in [0.15, 0.2) is 11.5 Å². The normalized spacial score (nSPS) is 15.3. The highest BCUT2D eigenvalue weighted by atomic mass is 16.5. The van der Waals surface area contributed by atoms with E-state index in [4.69, 9.17) is 9.47 Å². The van der Waals surface area contributed by atoms with Gasteiger partial charge in [0, 0.05) is 17.7 Å². The maximum atomic E-state index is 12.4. The largest absolute Gasteiger partial charge is 0.497 e. The second-order valence-electron chi connectivity index (χ2n) is 4.88. The number of allylic oxidation sites excluding steroid dienone is 3. The molecule has 0 amide bonds. The summed E-state index contributed by atoms with van der Waals surface area (Å²) in [4.78, 5) is 31.8. The molecule has 0 spiro atoms. The van der Waals surface area contributed by atoms with Crippen LogP contribution in [0.15, 0.2) is 35.6 Å². The first kappa shape index (κ1) is 14.1. The maximum Gasteiger partial charge on any atom is 0.231 e. The van der Waals surface area contributed by atoms with Crippen LogP contribution in [0.3, 0.4) is 0 Å². The van der Waals surface area contributed by atoms with Crippen molar-refractivity contribution in [3.63, 3.8) is 0 Å². The van der Waals surface area contributed by atoms with Crippen molar-refractivity contribution in [3.05, 3.63) is 41.4 Å². The predicted molar refractivity (Wildman–Crippen MR) is 80.3 cm³/mol. The van der Waals surface area contributed by atoms with Gasteiger partial charge in [-0.05, 0) is 19.1 Å². The lowest BCUT2D eigenvalue weighted by atomic mass is 9.96. The third-order valence-corrected chi connectivity index (χ3v) is 3.58. The summed E-state index contributed by atoms with van der Waals surface area (Å²) in [6.07, 6.45) is 1.29. The summed E-state index contributed by atoms with van der Waals surface area (Å²) >= 11 is 0. The summed E-state index contributed by atoms with van der Waals surface area (Å²) in [6.45, 7) is 1.57. The molecule has 0 fully saturated rings. The van der Waals surface area contributed by atoms with Gasteiger partial charge in [0.05, 0.1) is 30.8 Å². The number of carbonyl (C=O) groups is 2. The van der Waals surface area contributed by atoms with E-state index in [1.165, 1.54) is 13.2 Å². The van der Waals surface area contributed by atoms with Crippen molar-refractivity contribution in [2.45, 2.75) is 6.92 Å². The Morgan fingerprint density at radius 2 is 1.91 bits per heavy atom. The van der Waals surface area contributed by atoms with Crippen molar-refractivity contribution >= 4 is 28.2 Å². The second-order valence-corrected chi connectivity index (χ2v) is 4.88. The Hall–Kier alpha value is -2.89. The van der Waals surface area contributed by atoms with Crippen LogP contribution in [0, 0.1) is 0 Å². The Morgan fingerprint density at radius 3 is 2.59 bits per heavy atom. The van der Waals surface area contributed by atoms with Gasteiger partial charge in [-0.3, -0.25) is 9.59 Å². The molecule has 0 aliphatic heterocycles. The summed E-state index contributed by atoms with van der Waals surface area (Å²) in [5.41, 5.74) is 1.90. The topological polar surface area (TPSA) is 81.3 Å². The molecule has 1 aromatic carbocycles. The fraction of sp³-hybridized carbons (Fsp3) is 0.188. The Labute approximate surface area is 126 Å². The summed E-state index contributed by atoms with van der Waals surface area (Å²) in [6, 6.07) is 5.34. The van der Waals surface area contributed by atoms with Crippen LogP contribution < -0.4 is 4.74 Å². The number of hydrogen-bond donors (Lipinski definition) is 1. The summed E-state index contributed by atoms with van der Waals surface area (Å²) in [7, 11) is 2.94. The number of methoxy groups -OCH3 is 2. The summed E-state index contributed by atoms with van der Waals surface area (Å²) in [5.74, 6) is 0.454. The first-order valence-electron chi connectivity index (χ1n) is 6.65. The molecule has 6 nitrogen and oxygen atoms in total. The molecule has 1 heterocycles. The van der Waals surface area contributed by atoms with Gasteiger partial charge in [-0.15, -0.1) is 0 Å². The van der Waals surface area contributed by atoms with Crippen LogP contribution >= 0.6 is 0 Å². The number of nitrogens with one attached hydrogen (secondary N) is 1. The van der Waals surface area contributed by atoms with E-state index >= 15 is 0 Å². The zero-order valence-corrected chi connectivity index (χ0v) is 12.4. The van der Waals surface area contributed by atoms with E-state index < -0.39 is 0 Å². The number of aromatic nitrogens is 2. The van der Waals surface area contributed by atoms with Gasteiger partial charge in [-0.1, -0.05) is 0 Å². The SMILES string of the molecule is COC1=C(C)C(=O)C=C(c2nc3ccc(OC)cc3[nH]2)C1=O. The smallest absolute Gasteiger partial charge is 0.231 e. The molecule has 0 radical (unpaired) electrons. The van der Waals surface area contributed by atoms with Crippen molar-refractivity contribution in [2.75, 3.05) is 14.2 Å². The van der Waals surface area contributed by atoms with E-state index in [2.05, 4.69) is 9.97 Å². The van der Waals surface area contributed by atoms with E-state index in [9.17, 15) is 9.59 Å². The van der Waals surface area contributed by atoms with Crippen LogP contribution in [0.25, 0.3) is 16.6 Å². The molecule has 0 saturated heterocycles. The molecule has 112 valence electrons. The molecule has 0 unspecified atom stereocenters. The number of rotatable bonds is 3. The van der Waals surface area contributed by atoms with Crippen molar-refractivity contribution in [2.24, 2.45) is 0 Å². The third kappa shape index (κ3) is 2.09. The predicted octanol–water partition coefficient (Wildman–Crippen LogP) is 2.03. The summed E-state index contributed by atoms with van der Waals surface area (Å²) < 4.78 is 10.2. The average Bonchev–Trinajstić information content (AvgIpc) is 2.94. The molecule has 6 heteroatoms. The number of ether oxygens (including phenoxy) is 2. The number of aromatic amines is 1. The minimum absolute atomic E-state index is 0.0561. The molecule has 2 aromatic rings. The van der Waals surface area contributed by atoms with Gasteiger partial charge in [-0.25, -0.2) is 4.98 Å². The van der Waals surface area contributed by atoms with Gasteiger partial charge >= 0.3 is 0 Å². The first-order valence-corrected chi connectivity index (χ1v) is 6.65. The molecule has 0 saturated carbocycles. The minimum atomic E-state index is -0.356. The monoisotopic (exact) mass is 298 g/mol. The fourth-order valence-corrected chi connectivity index (χ4v) is 2.37. The Balaban J connectivity index is 2.09. The Morgan fingerprint density at radius 1 is 1.14 bits per heavy atom. The highest BCUT2D eigenvalue weighted by Gasteiger charge is 2.29. The molecule has 3 rings (SSSR count). The van der Waals surface area contributed by atoms with Crippen molar-refractivity contribution in [1.29, 1.82) is 0 Å². The lowest BCUT2D eigenvalue weighted by Gasteiger charge is -2.14. The molecule has 22 heavy (non-hydrogen) atoms. The van der Waals surface area contributed by atoms with Crippen LogP contribution in [-0.4, -0.2) is 35.8 Å². The number of H-pyrrole nitrogens is 1. The molecular weight excluding hydrogens is 284 g/mol. The van der Waals surface area contributed by atoms with E-state index in [0.717, 1.165) is 5.52 Å². The highest BCUT2D eigenvalue weighted by molar-refractivity contribution is 6.36. The fourth-order valence-electron chi connectivity index (χ4n) is 2.37. The highest BCUT2D eigenvalue weighted by Crippen LogP contribution is 2.27. The van der Waals surface area contributed by atoms with Gasteiger partial charge < -0.3 is 14.5 Å². The van der Waals surface area contributed by atoms with Crippen molar-refractivity contribution in [3.8, 4) is 5.75 Å². The maximum absolute atomic E-state index is 12.4. The molecule has 1 aromatic heterocycles. The number of hydrogen-bond acceptors (Lipinski definition) is 5. The number of nitrogens with zero attached hydrogens (tertiary/aromatic N) is 1. The quantitative estimate of drug-likeness (QED) is 0.877. The van der Waals surface area contributed by atoms with E-state index in [1.807, 2.05) is 0 Å². The third-order valence-electron chi connectivity index (χ3n) is 3.58. The lowest BCUT2D eigenvalue weighted by molar-refractivity contribution is -0.116. The van der Waals surface area contributed by atoms with Crippen LogP contribution in [0.4, 0.5) is 0 Å². The van der Waals surface area contributed by atoms with Crippen molar-refractivity contribution in [1.82, 2.24) is 9.97 Å². The lowest BCUT2D eigenvalue weighted by Crippen LogP contribution is -2.19. The first-order chi connectivity index (χ1) is 10.5. The van der Waals surface area contributed by atoms with Crippen LogP contribution in [0.2, 0.25) is 0 Å². The number of fused-ring (bicyclic) bond motifs is 1. The molecule has 0 atom stereocenters. The molecule has 0 bridgehead atoms. The zero-order valence-electron chi connectivity index (χ0n) is 12.4. The standard InChI is InChI=1S/C16H14N2O4/c1-8-13(19)7-10(14(20)15(8)22-3)16-17-11-5-4-9(21-2)6-12(11)18-16/h4-7H,1-3H3,(H,17,18). The van der Waals surface area contributed by atoms with E-state index in [-0.39, 0.29) is 22.9 Å². The molecule has 1 aliphatic rings. The Kier molecular flexibility index (Phi) is 3.29. The van der Waals surface area contributed by atoms with Crippen molar-refractivity contribution < 1.29 is 19.1 Å². The van der Waals surface area contributed by atoms with E-state index in [1.54, 1.807) is 32.2 Å². The van der Waals surface area contributed by atoms with E-state index in [0.29, 0.717) is 22.7 Å². The Bertz CT molecular complexity index is 858. The number of imidazole rings is 1. The zero-order chi connectivity index (χ0) is 15.9. The second kappa shape index (κ2) is 5.14. The minimum Gasteiger partial charge on any atom is -0.497 e. The van der Waals surface area contributed by atoms with Gasteiger partial charge in [-0.2, -0.15) is 0 Å². The summed E-state index contributed by atoms with van der Waals surface area (Å²) in [5, 5.41) is 0. The van der Waals surface area contributed by atoms with Gasteiger partial charge in [0.1, 0.15) is 11.6 Å². The number of benzene rings is 1.